The van der Waals surface area contributed by atoms with Gasteiger partial charge in [-0.2, -0.15) is 0 Å². The highest BCUT2D eigenvalue weighted by atomic mass is 35.5. The van der Waals surface area contributed by atoms with Crippen LogP contribution >= 0.6 is 22.9 Å². The van der Waals surface area contributed by atoms with Crippen LogP contribution < -0.4 is 10.2 Å². The van der Waals surface area contributed by atoms with Crippen LogP contribution in [-0.4, -0.2) is 42.4 Å². The summed E-state index contributed by atoms with van der Waals surface area (Å²) in [6.45, 7) is 3.44. The number of hydrogen-bond acceptors (Lipinski definition) is 6. The number of nitrogens with zero attached hydrogens (tertiary/aromatic N) is 2. The van der Waals surface area contributed by atoms with Crippen LogP contribution in [0.3, 0.4) is 0 Å². The molecule has 0 fully saturated rings. The third-order valence-electron chi connectivity index (χ3n) is 4.32. The average molecular weight is 422 g/mol. The minimum Gasteiger partial charge on any atom is -0.414 e. The quantitative estimate of drug-likeness (QED) is 0.554. The van der Waals surface area contributed by atoms with Gasteiger partial charge in [0.1, 0.15) is 6.54 Å². The molecule has 2 atom stereocenters. The molecule has 3 aromatic rings. The van der Waals surface area contributed by atoms with E-state index < -0.39 is 0 Å². The molecule has 0 aliphatic carbocycles. The topological polar surface area (TPSA) is 81.7 Å². The molecule has 2 heterocycles. The number of carbonyl (C=O) groups excluding carboxylic acids is 1. The van der Waals surface area contributed by atoms with Crippen LogP contribution in [0.25, 0.3) is 10.8 Å². The number of rotatable bonds is 9. The van der Waals surface area contributed by atoms with Crippen molar-refractivity contribution in [2.45, 2.75) is 19.5 Å². The van der Waals surface area contributed by atoms with Gasteiger partial charge in [-0.1, -0.05) is 17.7 Å². The molecule has 2 N–H and O–H groups in total. The number of nitrogens with one attached hydrogen (secondary N) is 2. The summed E-state index contributed by atoms with van der Waals surface area (Å²) in [6, 6.07) is 10.5. The number of anilines is 1. The highest BCUT2D eigenvalue weighted by Crippen LogP contribution is 2.22. The smallest absolute Gasteiger partial charge is 0.282 e. The van der Waals surface area contributed by atoms with Gasteiger partial charge in [-0.05, 0) is 42.6 Å². The van der Waals surface area contributed by atoms with Crippen molar-refractivity contribution in [3.05, 3.63) is 52.7 Å². The van der Waals surface area contributed by atoms with Crippen LogP contribution in [-0.2, 0) is 16.1 Å². The lowest BCUT2D eigenvalue weighted by atomic mass is 10.2. The van der Waals surface area contributed by atoms with Crippen molar-refractivity contribution in [2.24, 2.45) is 0 Å². The molecule has 0 aliphatic rings. The second-order valence-electron chi connectivity index (χ2n) is 6.27. The minimum atomic E-state index is -0.345. The Hall–Kier alpha value is -2.26. The predicted molar refractivity (Wildman–Crippen MR) is 109 cm³/mol. The minimum absolute atomic E-state index is 0.105. The Morgan fingerprint density at radius 1 is 1.32 bits per heavy atom. The molecular formula is C19H22ClN4O3S+. The van der Waals surface area contributed by atoms with Crippen molar-refractivity contribution in [3.8, 4) is 10.8 Å². The Bertz CT molecular complexity index is 883. The van der Waals surface area contributed by atoms with Gasteiger partial charge in [0.25, 0.3) is 17.7 Å². The Kier molecular flexibility index (Phi) is 7.16. The highest BCUT2D eigenvalue weighted by Gasteiger charge is 2.27. The van der Waals surface area contributed by atoms with Gasteiger partial charge in [0, 0.05) is 17.8 Å². The largest absolute Gasteiger partial charge is 0.414 e. The monoisotopic (exact) mass is 421 g/mol. The van der Waals surface area contributed by atoms with Crippen LogP contribution in [0.4, 0.5) is 5.69 Å². The van der Waals surface area contributed by atoms with Crippen molar-refractivity contribution in [2.75, 3.05) is 25.6 Å². The van der Waals surface area contributed by atoms with E-state index in [2.05, 4.69) is 15.5 Å². The normalized spacial score (nSPS) is 13.2. The summed E-state index contributed by atoms with van der Waals surface area (Å²) >= 11 is 7.43. The molecule has 7 nitrogen and oxygen atoms in total. The third kappa shape index (κ3) is 5.39. The summed E-state index contributed by atoms with van der Waals surface area (Å²) in [7, 11) is 1.64. The zero-order valence-electron chi connectivity index (χ0n) is 15.6. The van der Waals surface area contributed by atoms with E-state index in [1.165, 1.54) is 11.3 Å². The Morgan fingerprint density at radius 2 is 2.11 bits per heavy atom. The van der Waals surface area contributed by atoms with E-state index in [4.69, 9.17) is 20.8 Å². The van der Waals surface area contributed by atoms with E-state index in [-0.39, 0.29) is 11.9 Å². The molecule has 0 saturated heterocycles. The first-order chi connectivity index (χ1) is 13.6. The van der Waals surface area contributed by atoms with Crippen LogP contribution in [0.15, 0.2) is 46.2 Å². The molecule has 0 radical (unpaired) electrons. The lowest BCUT2D eigenvalue weighted by Crippen LogP contribution is -3.15. The fourth-order valence-corrected chi connectivity index (χ4v) is 3.45. The number of ether oxygens (including phenoxy) is 1. The van der Waals surface area contributed by atoms with Gasteiger partial charge in [0.15, 0.2) is 12.6 Å². The van der Waals surface area contributed by atoms with Gasteiger partial charge in [-0.25, -0.2) is 0 Å². The maximum absolute atomic E-state index is 12.7. The van der Waals surface area contributed by atoms with E-state index in [1.807, 2.05) is 24.4 Å². The SMILES string of the molecule is COCC[NH+](Cc1nnc(-c2cccs2)o1)[C@H](C)C(=O)Nc1ccc(Cl)cc1. The summed E-state index contributed by atoms with van der Waals surface area (Å²) in [5.74, 6) is 0.876. The number of methoxy groups -OCH3 is 1. The predicted octanol–water partition coefficient (Wildman–Crippen LogP) is 2.51. The number of hydrogen-bond donors (Lipinski definition) is 2. The van der Waals surface area contributed by atoms with Crippen LogP contribution in [0.5, 0.6) is 0 Å². The first-order valence-corrected chi connectivity index (χ1v) is 10.1. The number of thiophene rings is 1. The molecule has 0 aliphatic heterocycles. The van der Waals surface area contributed by atoms with Crippen molar-refractivity contribution >= 4 is 34.5 Å². The summed E-state index contributed by atoms with van der Waals surface area (Å²) in [5, 5.41) is 13.7. The molecule has 148 valence electrons. The molecular weight excluding hydrogens is 400 g/mol. The fourth-order valence-electron chi connectivity index (χ4n) is 2.68. The van der Waals surface area contributed by atoms with E-state index in [9.17, 15) is 4.79 Å². The number of aromatic nitrogens is 2. The molecule has 0 bridgehead atoms. The van der Waals surface area contributed by atoms with Crippen molar-refractivity contribution in [3.63, 3.8) is 0 Å². The number of quaternary nitrogens is 1. The third-order valence-corrected chi connectivity index (χ3v) is 5.43. The highest BCUT2D eigenvalue weighted by molar-refractivity contribution is 7.13. The lowest BCUT2D eigenvalue weighted by Gasteiger charge is -2.23. The van der Waals surface area contributed by atoms with E-state index in [0.717, 1.165) is 9.78 Å². The van der Waals surface area contributed by atoms with E-state index >= 15 is 0 Å². The molecule has 0 saturated carbocycles. The van der Waals surface area contributed by atoms with Gasteiger partial charge in [-0.15, -0.1) is 21.5 Å². The van der Waals surface area contributed by atoms with Crippen LogP contribution in [0, 0.1) is 0 Å². The second kappa shape index (κ2) is 9.79. The second-order valence-corrected chi connectivity index (χ2v) is 7.66. The first kappa shape index (κ1) is 20.5. The Balaban J connectivity index is 1.68. The number of amides is 1. The molecule has 1 aromatic carbocycles. The fraction of sp³-hybridized carbons (Fsp3) is 0.316. The van der Waals surface area contributed by atoms with Gasteiger partial charge in [-0.3, -0.25) is 4.79 Å². The van der Waals surface area contributed by atoms with Crippen molar-refractivity contribution < 1.29 is 18.8 Å². The Morgan fingerprint density at radius 3 is 2.79 bits per heavy atom. The van der Waals surface area contributed by atoms with Crippen molar-refractivity contribution in [1.29, 1.82) is 0 Å². The summed E-state index contributed by atoms with van der Waals surface area (Å²) < 4.78 is 11.0. The number of benzene rings is 1. The Labute approximate surface area is 172 Å². The zero-order valence-corrected chi connectivity index (χ0v) is 17.2. The standard InChI is InChI=1S/C19H21ClN4O3S/c1-13(18(25)21-15-7-5-14(20)6-8-15)24(9-10-26-2)12-17-22-23-19(27-17)16-4-3-11-28-16/h3-8,11,13H,9-10,12H2,1-2H3,(H,21,25)/p+1/t13-/m1/s1. The molecule has 1 unspecified atom stereocenters. The maximum Gasteiger partial charge on any atom is 0.282 e. The van der Waals surface area contributed by atoms with Gasteiger partial charge in [0.2, 0.25) is 0 Å². The molecule has 2 aromatic heterocycles. The lowest BCUT2D eigenvalue weighted by molar-refractivity contribution is -0.929. The average Bonchev–Trinajstić information content (AvgIpc) is 3.38. The van der Waals surface area contributed by atoms with Gasteiger partial charge in [0.05, 0.1) is 11.5 Å². The summed E-state index contributed by atoms with van der Waals surface area (Å²) in [4.78, 5) is 14.6. The van der Waals surface area contributed by atoms with Gasteiger partial charge >= 0.3 is 0 Å². The number of carbonyl (C=O) groups is 1. The molecule has 9 heteroatoms. The van der Waals surface area contributed by atoms with E-state index in [1.54, 1.807) is 31.4 Å². The van der Waals surface area contributed by atoms with Gasteiger partial charge < -0.3 is 19.4 Å². The zero-order chi connectivity index (χ0) is 19.9. The number of halogens is 1. The summed E-state index contributed by atoms with van der Waals surface area (Å²) in [5.41, 5.74) is 0.699. The maximum atomic E-state index is 12.7. The van der Waals surface area contributed by atoms with E-state index in [0.29, 0.717) is 42.2 Å². The molecule has 0 spiro atoms. The van der Waals surface area contributed by atoms with Crippen LogP contribution in [0.2, 0.25) is 5.02 Å². The molecule has 1 amide bonds. The summed E-state index contributed by atoms with van der Waals surface area (Å²) in [6.07, 6.45) is 0. The molecule has 28 heavy (non-hydrogen) atoms. The van der Waals surface area contributed by atoms with Crippen LogP contribution in [0.1, 0.15) is 12.8 Å². The van der Waals surface area contributed by atoms with Crippen molar-refractivity contribution in [1.82, 2.24) is 10.2 Å². The molecule has 3 rings (SSSR count). The first-order valence-electron chi connectivity index (χ1n) is 8.83.